The third-order valence-corrected chi connectivity index (χ3v) is 4.81. The first-order valence-electron chi connectivity index (χ1n) is 8.89. The van der Waals surface area contributed by atoms with Gasteiger partial charge >= 0.3 is 0 Å². The number of rotatable bonds is 8. The number of nitrogens with zero attached hydrogens (tertiary/aromatic N) is 3. The van der Waals surface area contributed by atoms with Crippen LogP contribution in [0.3, 0.4) is 0 Å². The first-order chi connectivity index (χ1) is 11.6. The van der Waals surface area contributed by atoms with Crippen molar-refractivity contribution < 1.29 is 4.79 Å². The summed E-state index contributed by atoms with van der Waals surface area (Å²) in [6, 6.07) is 4.50. The van der Waals surface area contributed by atoms with Crippen LogP contribution >= 0.6 is 0 Å². The molecule has 0 unspecified atom stereocenters. The molecule has 2 rings (SSSR count). The highest BCUT2D eigenvalue weighted by atomic mass is 16.2. The van der Waals surface area contributed by atoms with E-state index in [0.29, 0.717) is 12.6 Å². The highest BCUT2D eigenvalue weighted by Crippen LogP contribution is 2.21. The van der Waals surface area contributed by atoms with E-state index in [4.69, 9.17) is 0 Å². The van der Waals surface area contributed by atoms with Crippen LogP contribution in [0.25, 0.3) is 0 Å². The summed E-state index contributed by atoms with van der Waals surface area (Å²) in [5.74, 6) is 0.00944. The molecule has 0 saturated heterocycles. The van der Waals surface area contributed by atoms with Crippen molar-refractivity contribution in [3.05, 3.63) is 36.8 Å². The lowest BCUT2D eigenvalue weighted by molar-refractivity contribution is -0.119. The molecule has 1 aliphatic rings. The molecule has 0 aliphatic heterocycles. The van der Waals surface area contributed by atoms with Gasteiger partial charge in [0.05, 0.1) is 11.4 Å². The molecule has 1 N–H and O–H groups in total. The second-order valence-electron chi connectivity index (χ2n) is 6.54. The van der Waals surface area contributed by atoms with Crippen LogP contribution in [-0.2, 0) is 4.79 Å². The fraction of sp³-hybridized carbons (Fsp3) is 0.579. The van der Waals surface area contributed by atoms with Crippen molar-refractivity contribution in [3.8, 4) is 0 Å². The summed E-state index contributed by atoms with van der Waals surface area (Å²) < 4.78 is 0. The van der Waals surface area contributed by atoms with Crippen LogP contribution in [0.5, 0.6) is 0 Å². The summed E-state index contributed by atoms with van der Waals surface area (Å²) >= 11 is 0. The number of aromatic nitrogens is 1. The molecular weight excluding hydrogens is 300 g/mol. The minimum Gasteiger partial charge on any atom is -0.353 e. The number of pyridine rings is 1. The van der Waals surface area contributed by atoms with Gasteiger partial charge in [0.25, 0.3) is 0 Å². The Labute approximate surface area is 145 Å². The van der Waals surface area contributed by atoms with Gasteiger partial charge in [0, 0.05) is 25.3 Å². The van der Waals surface area contributed by atoms with Gasteiger partial charge in [-0.15, -0.1) is 0 Å². The van der Waals surface area contributed by atoms with Gasteiger partial charge in [-0.2, -0.15) is 0 Å². The normalized spacial score (nSPS) is 15.3. The van der Waals surface area contributed by atoms with E-state index in [1.165, 1.54) is 32.1 Å². The molecule has 24 heavy (non-hydrogen) atoms. The Hall–Kier alpha value is -1.88. The van der Waals surface area contributed by atoms with Crippen LogP contribution in [0.15, 0.2) is 31.1 Å². The Balaban J connectivity index is 1.75. The maximum absolute atomic E-state index is 12.2. The number of carbonyl (C=O) groups is 1. The van der Waals surface area contributed by atoms with Crippen molar-refractivity contribution in [3.63, 3.8) is 0 Å². The van der Waals surface area contributed by atoms with Crippen LogP contribution < -0.4 is 10.2 Å². The summed E-state index contributed by atoms with van der Waals surface area (Å²) in [4.78, 5) is 20.7. The lowest BCUT2D eigenvalue weighted by Crippen LogP contribution is -2.41. The van der Waals surface area contributed by atoms with Gasteiger partial charge < -0.3 is 15.1 Å². The zero-order valence-electron chi connectivity index (χ0n) is 15.0. The molecule has 1 fully saturated rings. The second kappa shape index (κ2) is 9.42. The van der Waals surface area contributed by atoms with E-state index in [-0.39, 0.29) is 12.5 Å². The Bertz CT molecular complexity index is 540. The van der Waals surface area contributed by atoms with Gasteiger partial charge in [0.15, 0.2) is 0 Å². The van der Waals surface area contributed by atoms with Crippen LogP contribution in [0.1, 0.15) is 37.8 Å². The first kappa shape index (κ1) is 18.5. The summed E-state index contributed by atoms with van der Waals surface area (Å²) in [7, 11) is 2.16. The van der Waals surface area contributed by atoms with Crippen molar-refractivity contribution in [2.75, 3.05) is 31.6 Å². The van der Waals surface area contributed by atoms with Gasteiger partial charge in [-0.3, -0.25) is 9.78 Å². The molecule has 0 aromatic carbocycles. The number of hydrogen-bond donors (Lipinski definition) is 1. The van der Waals surface area contributed by atoms with E-state index >= 15 is 0 Å². The second-order valence-corrected chi connectivity index (χ2v) is 6.54. The predicted octanol–water partition coefficient (Wildman–Crippen LogP) is 2.72. The van der Waals surface area contributed by atoms with Crippen molar-refractivity contribution in [1.82, 2.24) is 15.2 Å². The monoisotopic (exact) mass is 330 g/mol. The highest BCUT2D eigenvalue weighted by Gasteiger charge is 2.18. The summed E-state index contributed by atoms with van der Waals surface area (Å²) in [6.45, 7) is 7.59. The van der Waals surface area contributed by atoms with Gasteiger partial charge in [-0.1, -0.05) is 25.8 Å². The maximum Gasteiger partial charge on any atom is 0.239 e. The Morgan fingerprint density at radius 2 is 2.17 bits per heavy atom. The molecule has 1 aromatic heterocycles. The van der Waals surface area contributed by atoms with Crippen LogP contribution in [-0.4, -0.2) is 48.5 Å². The van der Waals surface area contributed by atoms with E-state index in [1.807, 2.05) is 24.0 Å². The molecule has 1 aliphatic carbocycles. The third-order valence-electron chi connectivity index (χ3n) is 4.81. The Morgan fingerprint density at radius 1 is 1.42 bits per heavy atom. The number of carbonyl (C=O) groups excluding carboxylic acids is 1. The van der Waals surface area contributed by atoms with Crippen LogP contribution in [0.4, 0.5) is 5.69 Å². The lowest BCUT2D eigenvalue weighted by Gasteiger charge is -2.31. The van der Waals surface area contributed by atoms with Crippen molar-refractivity contribution in [1.29, 1.82) is 0 Å². The lowest BCUT2D eigenvalue weighted by atomic mass is 9.94. The zero-order valence-corrected chi connectivity index (χ0v) is 15.0. The van der Waals surface area contributed by atoms with Gasteiger partial charge in [0.2, 0.25) is 5.91 Å². The molecule has 5 nitrogen and oxygen atoms in total. The minimum absolute atomic E-state index is 0.00944. The van der Waals surface area contributed by atoms with Crippen LogP contribution in [0.2, 0.25) is 0 Å². The molecule has 132 valence electrons. The number of hydrogen-bond acceptors (Lipinski definition) is 4. The number of nitrogens with one attached hydrogen (secondary N) is 1. The van der Waals surface area contributed by atoms with Gasteiger partial charge in [0.1, 0.15) is 6.54 Å². The average molecular weight is 330 g/mol. The standard InChI is InChI=1S/C19H30N4O/c1-4-23(18-11-8-12-20-16(18)2)15-19(24)21-13-14-22(3)17-9-6-5-7-10-17/h4,8,11-12,17H,1,5-7,9-10,13-15H2,2-3H3,(H,21,24). The van der Waals surface area contributed by atoms with E-state index in [1.54, 1.807) is 12.4 Å². The molecule has 5 heteroatoms. The molecular formula is C19H30N4O. The zero-order chi connectivity index (χ0) is 17.4. The van der Waals surface area contributed by atoms with Crippen LogP contribution in [0, 0.1) is 6.92 Å². The SMILES string of the molecule is C=CN(CC(=O)NCCN(C)C1CCCCC1)c1cccnc1C. The largest absolute Gasteiger partial charge is 0.353 e. The van der Waals surface area contributed by atoms with E-state index in [2.05, 4.69) is 28.8 Å². The molecule has 1 saturated carbocycles. The topological polar surface area (TPSA) is 48.5 Å². The van der Waals surface area contributed by atoms with Crippen molar-refractivity contribution in [2.45, 2.75) is 45.1 Å². The summed E-state index contributed by atoms with van der Waals surface area (Å²) in [6.07, 6.45) is 10.0. The fourth-order valence-corrected chi connectivity index (χ4v) is 3.31. The Morgan fingerprint density at radius 3 is 2.83 bits per heavy atom. The average Bonchev–Trinajstić information content (AvgIpc) is 2.61. The summed E-state index contributed by atoms with van der Waals surface area (Å²) in [5.41, 5.74) is 1.81. The Kier molecular flexibility index (Phi) is 7.25. The van der Waals surface area contributed by atoms with Crippen molar-refractivity contribution in [2.24, 2.45) is 0 Å². The molecule has 1 aromatic rings. The quantitative estimate of drug-likeness (QED) is 0.796. The third kappa shape index (κ3) is 5.34. The van der Waals surface area contributed by atoms with Gasteiger partial charge in [-0.25, -0.2) is 0 Å². The van der Waals surface area contributed by atoms with E-state index in [0.717, 1.165) is 17.9 Å². The minimum atomic E-state index is 0.00944. The van der Waals surface area contributed by atoms with Gasteiger partial charge in [-0.05, 0) is 45.1 Å². The number of likely N-dealkylation sites (N-methyl/N-ethyl adjacent to an activating group) is 1. The molecule has 1 heterocycles. The highest BCUT2D eigenvalue weighted by molar-refractivity contribution is 5.82. The summed E-state index contributed by atoms with van der Waals surface area (Å²) in [5, 5.41) is 3.02. The number of anilines is 1. The number of amides is 1. The van der Waals surface area contributed by atoms with Crippen molar-refractivity contribution >= 4 is 11.6 Å². The predicted molar refractivity (Wildman–Crippen MR) is 99.0 cm³/mol. The molecule has 1 amide bonds. The van der Waals surface area contributed by atoms with E-state index < -0.39 is 0 Å². The molecule has 0 atom stereocenters. The molecule has 0 bridgehead atoms. The smallest absolute Gasteiger partial charge is 0.239 e. The van der Waals surface area contributed by atoms with E-state index in [9.17, 15) is 4.79 Å². The molecule has 0 radical (unpaired) electrons. The molecule has 0 spiro atoms. The first-order valence-corrected chi connectivity index (χ1v) is 8.89. The maximum atomic E-state index is 12.2. The fourth-order valence-electron chi connectivity index (χ4n) is 3.31. The number of aryl methyl sites for hydroxylation is 1.